The summed E-state index contributed by atoms with van der Waals surface area (Å²) >= 11 is 1.46. The fourth-order valence-corrected chi connectivity index (χ4v) is 3.20. The molecule has 0 radical (unpaired) electrons. The van der Waals surface area contributed by atoms with Crippen molar-refractivity contribution in [1.29, 1.82) is 0 Å². The molecule has 1 aromatic heterocycles. The van der Waals surface area contributed by atoms with Gasteiger partial charge in [0.1, 0.15) is 5.75 Å². The highest BCUT2D eigenvalue weighted by molar-refractivity contribution is 7.12. The Kier molecular flexibility index (Phi) is 7.34. The Bertz CT molecular complexity index is 417. The summed E-state index contributed by atoms with van der Waals surface area (Å²) < 4.78 is 5.13. The number of ether oxygens (including phenoxy) is 1. The van der Waals surface area contributed by atoms with E-state index in [1.165, 1.54) is 11.3 Å². The number of hydrogen-bond acceptors (Lipinski definition) is 4. The average Bonchev–Trinajstić information content (AvgIpc) is 2.94. The van der Waals surface area contributed by atoms with E-state index < -0.39 is 0 Å². The molecule has 0 saturated carbocycles. The van der Waals surface area contributed by atoms with E-state index in [2.05, 4.69) is 12.2 Å². The first-order valence-corrected chi connectivity index (χ1v) is 7.75. The maximum Gasteiger partial charge on any atom is 0.264 e. The molecule has 2 heterocycles. The summed E-state index contributed by atoms with van der Waals surface area (Å²) in [7, 11) is 1.63. The number of rotatable bonds is 5. The van der Waals surface area contributed by atoms with Crippen LogP contribution in [0.3, 0.4) is 0 Å². The quantitative estimate of drug-likeness (QED) is 0.907. The zero-order chi connectivity index (χ0) is 13.7. The molecule has 0 unspecified atom stereocenters. The van der Waals surface area contributed by atoms with Gasteiger partial charge in [-0.25, -0.2) is 0 Å². The summed E-state index contributed by atoms with van der Waals surface area (Å²) in [6, 6.07) is 1.83. The monoisotopic (exact) mass is 318 g/mol. The lowest BCUT2D eigenvalue weighted by Crippen LogP contribution is -2.40. The number of piperidine rings is 1. The highest BCUT2D eigenvalue weighted by Crippen LogP contribution is 2.25. The van der Waals surface area contributed by atoms with E-state index in [9.17, 15) is 4.79 Å². The maximum atomic E-state index is 12.3. The Balaban J connectivity index is 0.00000200. The largest absolute Gasteiger partial charge is 0.496 e. The zero-order valence-electron chi connectivity index (χ0n) is 12.1. The van der Waals surface area contributed by atoms with E-state index >= 15 is 0 Å². The fourth-order valence-electron chi connectivity index (χ4n) is 2.38. The fraction of sp³-hybridized carbons (Fsp3) is 0.643. The van der Waals surface area contributed by atoms with E-state index in [0.717, 1.165) is 49.6 Å². The molecule has 0 aromatic carbocycles. The highest BCUT2D eigenvalue weighted by atomic mass is 35.5. The molecule has 0 spiro atoms. The van der Waals surface area contributed by atoms with Gasteiger partial charge >= 0.3 is 0 Å². The second kappa shape index (κ2) is 8.49. The van der Waals surface area contributed by atoms with Gasteiger partial charge in [0.15, 0.2) is 0 Å². The van der Waals surface area contributed by atoms with Crippen LogP contribution in [0.25, 0.3) is 0 Å². The maximum absolute atomic E-state index is 12.3. The molecule has 0 aliphatic carbocycles. The van der Waals surface area contributed by atoms with Gasteiger partial charge in [0.25, 0.3) is 5.91 Å². The molecule has 1 N–H and O–H groups in total. The summed E-state index contributed by atoms with van der Waals surface area (Å²) in [6.45, 7) is 5.96. The van der Waals surface area contributed by atoms with Gasteiger partial charge in [-0.3, -0.25) is 4.79 Å². The third-order valence-electron chi connectivity index (χ3n) is 3.61. The summed E-state index contributed by atoms with van der Waals surface area (Å²) in [6.07, 6.45) is 2.20. The Morgan fingerprint density at radius 2 is 2.20 bits per heavy atom. The Hall–Kier alpha value is -0.780. The minimum atomic E-state index is 0. The van der Waals surface area contributed by atoms with Crippen molar-refractivity contribution >= 4 is 29.7 Å². The lowest BCUT2D eigenvalue weighted by molar-refractivity contribution is 0.0695. The summed E-state index contributed by atoms with van der Waals surface area (Å²) in [5.41, 5.74) is 0. The Morgan fingerprint density at radius 3 is 2.75 bits per heavy atom. The molecule has 114 valence electrons. The normalized spacial score (nSPS) is 15.8. The lowest BCUT2D eigenvalue weighted by Gasteiger charge is -2.31. The predicted octanol–water partition coefficient (Wildman–Crippen LogP) is 2.64. The number of methoxy groups -OCH3 is 1. The van der Waals surface area contributed by atoms with Crippen molar-refractivity contribution in [3.63, 3.8) is 0 Å². The molecule has 20 heavy (non-hydrogen) atoms. The van der Waals surface area contributed by atoms with E-state index in [1.807, 2.05) is 16.3 Å². The van der Waals surface area contributed by atoms with Crippen LogP contribution in [0.4, 0.5) is 0 Å². The van der Waals surface area contributed by atoms with Crippen LogP contribution < -0.4 is 10.1 Å². The Labute approximate surface area is 130 Å². The SMILES string of the molecule is CCNCC1CCN(C(=O)c2cc(OC)cs2)CC1.Cl. The van der Waals surface area contributed by atoms with Crippen molar-refractivity contribution in [1.82, 2.24) is 10.2 Å². The number of halogens is 1. The van der Waals surface area contributed by atoms with Crippen molar-refractivity contribution in [3.05, 3.63) is 16.3 Å². The van der Waals surface area contributed by atoms with Crippen LogP contribution in [-0.2, 0) is 0 Å². The van der Waals surface area contributed by atoms with Crippen LogP contribution >= 0.6 is 23.7 Å². The standard InChI is InChI=1S/C14H22N2O2S.ClH/c1-3-15-9-11-4-6-16(7-5-11)14(17)13-8-12(18-2)10-19-13;/h8,10-11,15H,3-7,9H2,1-2H3;1H. The van der Waals surface area contributed by atoms with Crippen LogP contribution in [0, 0.1) is 5.92 Å². The number of nitrogens with zero attached hydrogens (tertiary/aromatic N) is 1. The zero-order valence-corrected chi connectivity index (χ0v) is 13.7. The van der Waals surface area contributed by atoms with Gasteiger partial charge in [-0.05, 0) is 31.8 Å². The smallest absolute Gasteiger partial charge is 0.264 e. The van der Waals surface area contributed by atoms with Gasteiger partial charge in [0.2, 0.25) is 0 Å². The molecule has 1 aromatic rings. The molecular weight excluding hydrogens is 296 g/mol. The number of thiophene rings is 1. The third-order valence-corrected chi connectivity index (χ3v) is 4.50. The summed E-state index contributed by atoms with van der Waals surface area (Å²) in [5, 5.41) is 5.27. The first-order valence-electron chi connectivity index (χ1n) is 6.87. The molecule has 2 rings (SSSR count). The van der Waals surface area contributed by atoms with Crippen molar-refractivity contribution < 1.29 is 9.53 Å². The number of amides is 1. The highest BCUT2D eigenvalue weighted by Gasteiger charge is 2.24. The lowest BCUT2D eigenvalue weighted by atomic mass is 9.96. The molecule has 4 nitrogen and oxygen atoms in total. The van der Waals surface area contributed by atoms with Crippen molar-refractivity contribution in [3.8, 4) is 5.75 Å². The van der Waals surface area contributed by atoms with Crippen molar-refractivity contribution in [2.24, 2.45) is 5.92 Å². The first-order chi connectivity index (χ1) is 9.24. The summed E-state index contributed by atoms with van der Waals surface area (Å²) in [5.74, 6) is 1.63. The first kappa shape index (κ1) is 17.3. The topological polar surface area (TPSA) is 41.6 Å². The van der Waals surface area contributed by atoms with Crippen LogP contribution in [0.2, 0.25) is 0 Å². The van der Waals surface area contributed by atoms with Gasteiger partial charge in [0.05, 0.1) is 12.0 Å². The second-order valence-corrected chi connectivity index (χ2v) is 5.81. The number of carbonyl (C=O) groups is 1. The van der Waals surface area contributed by atoms with Crippen LogP contribution in [0.1, 0.15) is 29.4 Å². The number of carbonyl (C=O) groups excluding carboxylic acids is 1. The third kappa shape index (κ3) is 4.36. The molecule has 1 fully saturated rings. The number of nitrogens with one attached hydrogen (secondary N) is 1. The summed E-state index contributed by atoms with van der Waals surface area (Å²) in [4.78, 5) is 15.1. The molecule has 0 atom stereocenters. The van der Waals surface area contributed by atoms with Gasteiger partial charge in [0, 0.05) is 24.5 Å². The van der Waals surface area contributed by atoms with Gasteiger partial charge in [-0.2, -0.15) is 0 Å². The number of hydrogen-bond donors (Lipinski definition) is 1. The van der Waals surface area contributed by atoms with Crippen molar-refractivity contribution in [2.75, 3.05) is 33.3 Å². The molecular formula is C14H23ClN2O2S. The van der Waals surface area contributed by atoms with E-state index in [0.29, 0.717) is 5.92 Å². The van der Waals surface area contributed by atoms with Crippen LogP contribution in [0.15, 0.2) is 11.4 Å². The van der Waals surface area contributed by atoms with Crippen molar-refractivity contribution in [2.45, 2.75) is 19.8 Å². The molecule has 1 aliphatic heterocycles. The second-order valence-electron chi connectivity index (χ2n) is 4.89. The van der Waals surface area contributed by atoms with E-state index in [-0.39, 0.29) is 18.3 Å². The molecule has 0 bridgehead atoms. The predicted molar refractivity (Wildman–Crippen MR) is 85.3 cm³/mol. The minimum absolute atomic E-state index is 0. The van der Waals surface area contributed by atoms with E-state index in [1.54, 1.807) is 7.11 Å². The van der Waals surface area contributed by atoms with Crippen LogP contribution in [0.5, 0.6) is 5.75 Å². The van der Waals surface area contributed by atoms with Crippen LogP contribution in [-0.4, -0.2) is 44.1 Å². The van der Waals surface area contributed by atoms with Gasteiger partial charge < -0.3 is 15.0 Å². The van der Waals surface area contributed by atoms with E-state index in [4.69, 9.17) is 4.74 Å². The average molecular weight is 319 g/mol. The molecule has 1 saturated heterocycles. The number of likely N-dealkylation sites (tertiary alicyclic amines) is 1. The Morgan fingerprint density at radius 1 is 1.50 bits per heavy atom. The molecule has 1 amide bonds. The van der Waals surface area contributed by atoms with Gasteiger partial charge in [-0.15, -0.1) is 23.7 Å². The molecule has 6 heteroatoms. The minimum Gasteiger partial charge on any atom is -0.496 e. The van der Waals surface area contributed by atoms with Gasteiger partial charge in [-0.1, -0.05) is 6.92 Å². The molecule has 1 aliphatic rings.